The van der Waals surface area contributed by atoms with Gasteiger partial charge in [0.2, 0.25) is 0 Å². The van der Waals surface area contributed by atoms with Crippen LogP contribution in [-0.4, -0.2) is 48.2 Å². The highest BCUT2D eigenvalue weighted by molar-refractivity contribution is 4.86. The minimum Gasteiger partial charge on any atom is -0.388 e. The Bertz CT molecular complexity index is 237. The minimum atomic E-state index is -0.719. The highest BCUT2D eigenvalue weighted by Crippen LogP contribution is 2.30. The highest BCUT2D eigenvalue weighted by Gasteiger charge is 2.44. The maximum absolute atomic E-state index is 10.1. The number of aliphatic hydroxyl groups excluding tert-OH is 1. The summed E-state index contributed by atoms with van der Waals surface area (Å²) in [5.74, 6) is -1.25. The van der Waals surface area contributed by atoms with Gasteiger partial charge in [-0.25, -0.2) is 0 Å². The molecule has 0 aliphatic carbocycles. The zero-order valence-electron chi connectivity index (χ0n) is 10.2. The van der Waals surface area contributed by atoms with Gasteiger partial charge in [0, 0.05) is 0 Å². The number of hydrogen-bond acceptors (Lipinski definition) is 5. The Labute approximate surface area is 95.6 Å². The molecule has 0 radical (unpaired) electrons. The Kier molecular flexibility index (Phi) is 3.01. The van der Waals surface area contributed by atoms with Gasteiger partial charge in [-0.2, -0.15) is 0 Å². The first kappa shape index (κ1) is 12.3. The molecule has 5 nitrogen and oxygen atoms in total. The molecule has 2 aliphatic heterocycles. The Balaban J connectivity index is 1.92. The molecule has 0 aromatic rings. The van der Waals surface area contributed by atoms with Crippen molar-refractivity contribution in [3.05, 3.63) is 0 Å². The van der Waals surface area contributed by atoms with Gasteiger partial charge in [0.05, 0.1) is 13.2 Å². The lowest BCUT2D eigenvalue weighted by Gasteiger charge is -2.24. The van der Waals surface area contributed by atoms with Crippen molar-refractivity contribution < 1.29 is 24.1 Å². The predicted molar refractivity (Wildman–Crippen MR) is 55.8 cm³/mol. The second-order valence-corrected chi connectivity index (χ2v) is 5.22. The lowest BCUT2D eigenvalue weighted by Crippen LogP contribution is -2.41. The van der Waals surface area contributed by atoms with E-state index in [1.807, 2.05) is 27.7 Å². The van der Waals surface area contributed by atoms with Gasteiger partial charge in [0.25, 0.3) is 0 Å². The number of ether oxygens (including phenoxy) is 4. The third-order valence-corrected chi connectivity index (χ3v) is 2.82. The van der Waals surface area contributed by atoms with E-state index in [0.717, 1.165) is 0 Å². The van der Waals surface area contributed by atoms with Crippen LogP contribution in [0.1, 0.15) is 27.7 Å². The average molecular weight is 232 g/mol. The third-order valence-electron chi connectivity index (χ3n) is 2.82. The highest BCUT2D eigenvalue weighted by atomic mass is 16.8. The van der Waals surface area contributed by atoms with E-state index in [9.17, 15) is 5.11 Å². The fourth-order valence-corrected chi connectivity index (χ4v) is 2.01. The third kappa shape index (κ3) is 2.55. The summed E-state index contributed by atoms with van der Waals surface area (Å²) in [5, 5.41) is 10.1. The molecule has 0 saturated carbocycles. The SMILES string of the molecule is CC1(C)OCC(C(O)C2COC(C)(C)O2)O1. The molecule has 2 heterocycles. The lowest BCUT2D eigenvalue weighted by atomic mass is 10.1. The summed E-state index contributed by atoms with van der Waals surface area (Å²) in [5.41, 5.74) is 0. The van der Waals surface area contributed by atoms with E-state index in [1.54, 1.807) is 0 Å². The molecule has 0 bridgehead atoms. The summed E-state index contributed by atoms with van der Waals surface area (Å²) in [6.07, 6.45) is -1.42. The van der Waals surface area contributed by atoms with Gasteiger partial charge in [0.15, 0.2) is 11.6 Å². The Morgan fingerprint density at radius 3 is 1.56 bits per heavy atom. The fourth-order valence-electron chi connectivity index (χ4n) is 2.01. The Morgan fingerprint density at radius 1 is 0.938 bits per heavy atom. The van der Waals surface area contributed by atoms with Gasteiger partial charge < -0.3 is 24.1 Å². The molecule has 0 amide bonds. The van der Waals surface area contributed by atoms with E-state index < -0.39 is 17.7 Å². The molecule has 2 saturated heterocycles. The first-order valence-electron chi connectivity index (χ1n) is 5.61. The van der Waals surface area contributed by atoms with Gasteiger partial charge in [-0.05, 0) is 27.7 Å². The fraction of sp³-hybridized carbons (Fsp3) is 1.00. The standard InChI is InChI=1S/C11H20O5/c1-10(2)13-5-7(15-10)9(12)8-6-14-11(3,4)16-8/h7-9,12H,5-6H2,1-4H3. The first-order valence-corrected chi connectivity index (χ1v) is 5.61. The largest absolute Gasteiger partial charge is 0.388 e. The van der Waals surface area contributed by atoms with Gasteiger partial charge in [-0.1, -0.05) is 0 Å². The van der Waals surface area contributed by atoms with Crippen LogP contribution < -0.4 is 0 Å². The van der Waals surface area contributed by atoms with E-state index in [4.69, 9.17) is 18.9 Å². The molecule has 0 aromatic heterocycles. The second-order valence-electron chi connectivity index (χ2n) is 5.22. The predicted octanol–water partition coefficient (Wildman–Crippen LogP) is 0.650. The van der Waals surface area contributed by atoms with Crippen molar-refractivity contribution >= 4 is 0 Å². The van der Waals surface area contributed by atoms with Gasteiger partial charge in [0.1, 0.15) is 18.3 Å². The Hall–Kier alpha value is -0.200. The van der Waals surface area contributed by atoms with Crippen LogP contribution in [0.25, 0.3) is 0 Å². The van der Waals surface area contributed by atoms with E-state index in [1.165, 1.54) is 0 Å². The first-order chi connectivity index (χ1) is 7.29. The van der Waals surface area contributed by atoms with Gasteiger partial charge >= 0.3 is 0 Å². The molecule has 0 spiro atoms. The molecule has 1 N–H and O–H groups in total. The maximum atomic E-state index is 10.1. The van der Waals surface area contributed by atoms with Crippen molar-refractivity contribution in [3.8, 4) is 0 Å². The topological polar surface area (TPSA) is 57.2 Å². The minimum absolute atomic E-state index is 0.350. The zero-order valence-corrected chi connectivity index (χ0v) is 10.2. The number of aliphatic hydroxyl groups is 1. The molecular weight excluding hydrogens is 212 g/mol. The van der Waals surface area contributed by atoms with E-state index in [2.05, 4.69) is 0 Å². The van der Waals surface area contributed by atoms with Crippen LogP contribution in [0, 0.1) is 0 Å². The van der Waals surface area contributed by atoms with E-state index >= 15 is 0 Å². The maximum Gasteiger partial charge on any atom is 0.163 e. The van der Waals surface area contributed by atoms with Crippen LogP contribution in [0.4, 0.5) is 0 Å². The molecule has 2 unspecified atom stereocenters. The van der Waals surface area contributed by atoms with Crippen molar-refractivity contribution in [1.82, 2.24) is 0 Å². The van der Waals surface area contributed by atoms with Crippen molar-refractivity contribution in [3.63, 3.8) is 0 Å². The summed E-state index contributed by atoms with van der Waals surface area (Å²) in [7, 11) is 0. The van der Waals surface area contributed by atoms with Crippen LogP contribution in [0.15, 0.2) is 0 Å². The second kappa shape index (κ2) is 3.92. The molecular formula is C11H20O5. The van der Waals surface area contributed by atoms with E-state index in [0.29, 0.717) is 13.2 Å². The Morgan fingerprint density at radius 2 is 1.31 bits per heavy atom. The molecule has 94 valence electrons. The molecule has 0 aromatic carbocycles. The summed E-state index contributed by atoms with van der Waals surface area (Å²) in [6.45, 7) is 8.08. The summed E-state index contributed by atoms with van der Waals surface area (Å²) in [4.78, 5) is 0. The van der Waals surface area contributed by atoms with Crippen molar-refractivity contribution in [2.24, 2.45) is 0 Å². The van der Waals surface area contributed by atoms with Crippen LogP contribution in [0.5, 0.6) is 0 Å². The van der Waals surface area contributed by atoms with Crippen LogP contribution in [-0.2, 0) is 18.9 Å². The molecule has 5 heteroatoms. The normalized spacial score (nSPS) is 38.8. The molecule has 2 aliphatic rings. The number of rotatable bonds is 2. The average Bonchev–Trinajstić information content (AvgIpc) is 2.68. The summed E-state index contributed by atoms with van der Waals surface area (Å²) >= 11 is 0. The smallest absolute Gasteiger partial charge is 0.163 e. The number of hydrogen-bond donors (Lipinski definition) is 1. The van der Waals surface area contributed by atoms with Crippen LogP contribution >= 0.6 is 0 Å². The van der Waals surface area contributed by atoms with E-state index in [-0.39, 0.29) is 12.2 Å². The van der Waals surface area contributed by atoms with Crippen LogP contribution in [0.2, 0.25) is 0 Å². The molecule has 16 heavy (non-hydrogen) atoms. The van der Waals surface area contributed by atoms with Gasteiger partial charge in [-0.3, -0.25) is 0 Å². The molecule has 2 rings (SSSR count). The molecule has 2 fully saturated rings. The molecule has 2 atom stereocenters. The van der Waals surface area contributed by atoms with Crippen molar-refractivity contribution in [2.75, 3.05) is 13.2 Å². The van der Waals surface area contributed by atoms with Crippen molar-refractivity contribution in [2.45, 2.75) is 57.6 Å². The summed E-state index contributed by atoms with van der Waals surface area (Å²) in [6, 6.07) is 0. The monoisotopic (exact) mass is 232 g/mol. The van der Waals surface area contributed by atoms with Gasteiger partial charge in [-0.15, -0.1) is 0 Å². The van der Waals surface area contributed by atoms with Crippen molar-refractivity contribution in [1.29, 1.82) is 0 Å². The lowest BCUT2D eigenvalue weighted by molar-refractivity contribution is -0.178. The van der Waals surface area contributed by atoms with Crippen LogP contribution in [0.3, 0.4) is 0 Å². The zero-order chi connectivity index (χ0) is 12.0. The quantitative estimate of drug-likeness (QED) is 0.757. The summed E-state index contributed by atoms with van der Waals surface area (Å²) < 4.78 is 22.0.